The summed E-state index contributed by atoms with van der Waals surface area (Å²) < 4.78 is 110. The molecule has 7 rings (SSSR count). The minimum atomic E-state index is -5.21. The fourth-order valence-electron chi connectivity index (χ4n) is 7.60. The van der Waals surface area contributed by atoms with Gasteiger partial charge in [0.2, 0.25) is 0 Å². The van der Waals surface area contributed by atoms with E-state index >= 15 is 13.2 Å². The maximum atomic E-state index is 16.5. The van der Waals surface area contributed by atoms with Crippen molar-refractivity contribution in [2.45, 2.75) is 69.0 Å². The highest BCUT2D eigenvalue weighted by molar-refractivity contribution is 5.94. The van der Waals surface area contributed by atoms with Gasteiger partial charge in [-0.05, 0) is 45.2 Å². The number of ether oxygens (including phenoxy) is 1. The number of anilines is 2. The molecule has 15 heteroatoms. The number of alkyl halides is 4. The first kappa shape index (κ1) is 29.3. The molecule has 0 amide bonds. The summed E-state index contributed by atoms with van der Waals surface area (Å²) in [6.45, 7) is 2.84. The standard InChI is InChI=1S/C29H30F7N7O/c1-13-21(29(34,35)36)20(23(33)25(37)38-13)19-18(31)7-17-24(22(19)32)40-27(41-26(17)42-10-15-3-4-16(11-42)39-15)44-12-28-5-2-6-43(28)9-14(30)8-28/h7,14-16,39H,2-6,8-12H2,1H3,(H2,37,38)/t14-,15?,16?,28+/m1/s1. The number of aryl methyl sites for hydroxylation is 1. The van der Waals surface area contributed by atoms with Gasteiger partial charge in [0.05, 0.1) is 22.4 Å². The number of rotatable bonds is 5. The Bertz CT molecular complexity index is 1640. The van der Waals surface area contributed by atoms with Crippen LogP contribution in [0.15, 0.2) is 6.07 Å². The molecule has 2 unspecified atom stereocenters. The number of fused-ring (bicyclic) bond motifs is 4. The molecule has 4 aliphatic heterocycles. The molecule has 0 aliphatic carbocycles. The normalized spacial score (nSPS) is 27.0. The van der Waals surface area contributed by atoms with Crippen LogP contribution in [0.2, 0.25) is 0 Å². The van der Waals surface area contributed by atoms with Gasteiger partial charge in [0.1, 0.15) is 29.9 Å². The highest BCUT2D eigenvalue weighted by Gasteiger charge is 2.49. The summed E-state index contributed by atoms with van der Waals surface area (Å²) in [5, 5.41) is 3.36. The van der Waals surface area contributed by atoms with E-state index in [2.05, 4.69) is 20.3 Å². The lowest BCUT2D eigenvalue weighted by atomic mass is 9.95. The monoisotopic (exact) mass is 625 g/mol. The number of nitrogen functional groups attached to an aromatic ring is 1. The van der Waals surface area contributed by atoms with Crippen molar-refractivity contribution in [1.82, 2.24) is 25.2 Å². The first-order valence-corrected chi connectivity index (χ1v) is 14.6. The Hall–Kier alpha value is -3.46. The number of piperazine rings is 1. The third kappa shape index (κ3) is 4.70. The number of nitrogens with zero attached hydrogens (tertiary/aromatic N) is 5. The summed E-state index contributed by atoms with van der Waals surface area (Å²) in [4.78, 5) is 16.0. The molecule has 6 heterocycles. The predicted molar refractivity (Wildman–Crippen MR) is 147 cm³/mol. The number of nitrogens with one attached hydrogen (secondary N) is 1. The number of hydrogen-bond donors (Lipinski definition) is 2. The molecule has 44 heavy (non-hydrogen) atoms. The summed E-state index contributed by atoms with van der Waals surface area (Å²) in [7, 11) is 0. The topological polar surface area (TPSA) is 92.4 Å². The molecule has 1 aromatic carbocycles. The van der Waals surface area contributed by atoms with Crippen molar-refractivity contribution in [3.05, 3.63) is 34.8 Å². The second kappa shape index (κ2) is 10.3. The lowest BCUT2D eigenvalue weighted by molar-refractivity contribution is -0.137. The number of aromatic nitrogens is 3. The minimum absolute atomic E-state index is 0.00771. The van der Waals surface area contributed by atoms with Gasteiger partial charge in [-0.2, -0.15) is 23.1 Å². The Morgan fingerprint density at radius 1 is 1.05 bits per heavy atom. The van der Waals surface area contributed by atoms with E-state index in [1.807, 2.05) is 9.80 Å². The van der Waals surface area contributed by atoms with E-state index in [4.69, 9.17) is 10.5 Å². The first-order valence-electron chi connectivity index (χ1n) is 14.6. The second-order valence-electron chi connectivity index (χ2n) is 12.3. The Morgan fingerprint density at radius 2 is 1.77 bits per heavy atom. The fourth-order valence-corrected chi connectivity index (χ4v) is 7.60. The van der Waals surface area contributed by atoms with Crippen LogP contribution in [0.5, 0.6) is 6.01 Å². The van der Waals surface area contributed by atoms with Gasteiger partial charge in [-0.25, -0.2) is 22.5 Å². The van der Waals surface area contributed by atoms with E-state index in [-0.39, 0.29) is 48.9 Å². The molecule has 2 aromatic heterocycles. The van der Waals surface area contributed by atoms with Gasteiger partial charge in [0.25, 0.3) is 0 Å². The number of benzene rings is 1. The summed E-state index contributed by atoms with van der Waals surface area (Å²) in [6.07, 6.45) is -2.66. The molecule has 2 bridgehead atoms. The van der Waals surface area contributed by atoms with Gasteiger partial charge >= 0.3 is 12.2 Å². The maximum Gasteiger partial charge on any atom is 0.418 e. The van der Waals surface area contributed by atoms with Gasteiger partial charge in [-0.1, -0.05) is 0 Å². The molecule has 4 atom stereocenters. The van der Waals surface area contributed by atoms with Gasteiger partial charge < -0.3 is 20.7 Å². The number of halogens is 7. The van der Waals surface area contributed by atoms with Crippen LogP contribution in [-0.4, -0.2) is 76.4 Å². The largest absolute Gasteiger partial charge is 0.461 e. The van der Waals surface area contributed by atoms with Crippen LogP contribution in [0.1, 0.15) is 43.4 Å². The number of pyridine rings is 1. The van der Waals surface area contributed by atoms with E-state index in [1.165, 1.54) is 0 Å². The van der Waals surface area contributed by atoms with Crippen molar-refractivity contribution in [3.63, 3.8) is 0 Å². The summed E-state index contributed by atoms with van der Waals surface area (Å²) in [6, 6.07) is 0.744. The van der Waals surface area contributed by atoms with Crippen LogP contribution in [0.4, 0.5) is 42.4 Å². The molecule has 0 saturated carbocycles. The molecule has 0 radical (unpaired) electrons. The Kier molecular flexibility index (Phi) is 6.84. The average molecular weight is 626 g/mol. The van der Waals surface area contributed by atoms with Crippen LogP contribution < -0.4 is 20.7 Å². The van der Waals surface area contributed by atoms with Crippen molar-refractivity contribution in [1.29, 1.82) is 0 Å². The lowest BCUT2D eigenvalue weighted by Gasteiger charge is -2.34. The first-order chi connectivity index (χ1) is 20.8. The average Bonchev–Trinajstić information content (AvgIpc) is 3.59. The quantitative estimate of drug-likeness (QED) is 0.387. The van der Waals surface area contributed by atoms with Gasteiger partial charge in [0.15, 0.2) is 17.5 Å². The van der Waals surface area contributed by atoms with E-state index in [0.717, 1.165) is 32.3 Å². The number of nitrogens with two attached hydrogens (primary N) is 1. The van der Waals surface area contributed by atoms with Crippen LogP contribution in [0.3, 0.4) is 0 Å². The summed E-state index contributed by atoms with van der Waals surface area (Å²) in [5.74, 6) is -5.46. The van der Waals surface area contributed by atoms with Gasteiger partial charge in [-0.3, -0.25) is 4.90 Å². The maximum absolute atomic E-state index is 16.5. The van der Waals surface area contributed by atoms with Crippen LogP contribution in [-0.2, 0) is 6.18 Å². The highest BCUT2D eigenvalue weighted by atomic mass is 19.4. The van der Waals surface area contributed by atoms with Crippen molar-refractivity contribution in [2.75, 3.05) is 43.4 Å². The molecule has 4 aliphatic rings. The third-order valence-corrected chi connectivity index (χ3v) is 9.47. The fraction of sp³-hybridized carbons (Fsp3) is 0.552. The number of hydrogen-bond acceptors (Lipinski definition) is 8. The van der Waals surface area contributed by atoms with Crippen molar-refractivity contribution in [2.24, 2.45) is 0 Å². The van der Waals surface area contributed by atoms with Gasteiger partial charge in [0, 0.05) is 49.1 Å². The molecule has 4 fully saturated rings. The van der Waals surface area contributed by atoms with Crippen LogP contribution in [0, 0.1) is 24.4 Å². The lowest BCUT2D eigenvalue weighted by Crippen LogP contribution is -2.51. The van der Waals surface area contributed by atoms with Crippen molar-refractivity contribution >= 4 is 22.5 Å². The van der Waals surface area contributed by atoms with Crippen LogP contribution in [0.25, 0.3) is 22.0 Å². The summed E-state index contributed by atoms with van der Waals surface area (Å²) >= 11 is 0. The smallest absolute Gasteiger partial charge is 0.418 e. The molecule has 4 saturated heterocycles. The Labute approximate surface area is 247 Å². The van der Waals surface area contributed by atoms with E-state index in [1.54, 1.807) is 0 Å². The van der Waals surface area contributed by atoms with Crippen LogP contribution >= 0.6 is 0 Å². The molecule has 8 nitrogen and oxygen atoms in total. The Morgan fingerprint density at radius 3 is 2.48 bits per heavy atom. The van der Waals surface area contributed by atoms with Gasteiger partial charge in [-0.15, -0.1) is 0 Å². The molecule has 3 aromatic rings. The molecule has 0 spiro atoms. The zero-order valence-electron chi connectivity index (χ0n) is 23.7. The molecular formula is C29H30F7N7O. The molecular weight excluding hydrogens is 595 g/mol. The zero-order valence-corrected chi connectivity index (χ0v) is 23.7. The minimum Gasteiger partial charge on any atom is -0.461 e. The van der Waals surface area contributed by atoms with Crippen molar-refractivity contribution in [3.8, 4) is 17.1 Å². The zero-order chi connectivity index (χ0) is 31.1. The Balaban J connectivity index is 1.40. The predicted octanol–water partition coefficient (Wildman–Crippen LogP) is 4.91. The highest BCUT2D eigenvalue weighted by Crippen LogP contribution is 2.45. The summed E-state index contributed by atoms with van der Waals surface area (Å²) in [5.41, 5.74) is -0.643. The SMILES string of the molecule is Cc1nc(N)c(F)c(-c2c(F)cc3c(N4CC5CCC(C4)N5)nc(OC[C@@]45CCCN4C[C@H](F)C5)nc3c2F)c1C(F)(F)F. The third-order valence-electron chi connectivity index (χ3n) is 9.47. The molecule has 236 valence electrons. The van der Waals surface area contributed by atoms with E-state index < -0.39 is 69.1 Å². The van der Waals surface area contributed by atoms with Crippen molar-refractivity contribution < 1.29 is 35.5 Å². The second-order valence-corrected chi connectivity index (χ2v) is 12.3. The van der Waals surface area contributed by atoms with E-state index in [9.17, 15) is 17.6 Å². The molecule has 3 N–H and O–H groups in total. The van der Waals surface area contributed by atoms with E-state index in [0.29, 0.717) is 26.1 Å².